The van der Waals surface area contributed by atoms with Crippen LogP contribution < -0.4 is 10.2 Å². The molecule has 1 aromatic heterocycles. The Kier molecular flexibility index (Phi) is 7.36. The van der Waals surface area contributed by atoms with Gasteiger partial charge in [0.05, 0.1) is 5.92 Å². The first-order valence-electron chi connectivity index (χ1n) is 12.9. The molecule has 3 aromatic rings. The van der Waals surface area contributed by atoms with E-state index in [1.165, 1.54) is 41.3 Å². The number of sulfonamides is 1. The molecule has 0 aliphatic carbocycles. The summed E-state index contributed by atoms with van der Waals surface area (Å²) < 4.78 is 60.3. The Hall–Kier alpha value is -3.84. The third-order valence-corrected chi connectivity index (χ3v) is 8.89. The largest absolute Gasteiger partial charge is 0.443 e. The highest BCUT2D eigenvalue weighted by atomic mass is 32.2. The van der Waals surface area contributed by atoms with Gasteiger partial charge in [0.15, 0.2) is 0 Å². The van der Waals surface area contributed by atoms with Crippen LogP contribution in [0.3, 0.4) is 0 Å². The molecule has 2 atom stereocenters. The Balaban J connectivity index is 1.32. The molecule has 0 saturated carbocycles. The minimum atomic E-state index is -4.21. The van der Waals surface area contributed by atoms with Crippen molar-refractivity contribution in [3.63, 3.8) is 0 Å². The fraction of sp³-hybridized carbons (Fsp3) is 0.370. The molecule has 0 bridgehead atoms. The van der Waals surface area contributed by atoms with Crippen molar-refractivity contribution in [1.82, 2.24) is 14.5 Å². The number of carbonyl (C=O) groups excluding carboxylic acids is 3. The summed E-state index contributed by atoms with van der Waals surface area (Å²) in [6.45, 7) is 3.28. The molecule has 0 spiro atoms. The van der Waals surface area contributed by atoms with Gasteiger partial charge in [-0.15, -0.1) is 0 Å². The smallest absolute Gasteiger partial charge is 0.331 e. The molecule has 2 aliphatic heterocycles. The van der Waals surface area contributed by atoms with E-state index in [2.05, 4.69) is 5.32 Å². The number of furan rings is 1. The van der Waals surface area contributed by atoms with Crippen molar-refractivity contribution >= 4 is 44.5 Å². The Morgan fingerprint density at radius 1 is 1.07 bits per heavy atom. The first-order valence-corrected chi connectivity index (χ1v) is 14.3. The van der Waals surface area contributed by atoms with Gasteiger partial charge in [-0.2, -0.15) is 4.31 Å². The lowest BCUT2D eigenvalue weighted by Crippen LogP contribution is -2.61. The fourth-order valence-electron chi connectivity index (χ4n) is 5.13. The molecule has 13 heteroatoms. The summed E-state index contributed by atoms with van der Waals surface area (Å²) in [6.07, 6.45) is 0.694. The Bertz CT molecular complexity index is 1570. The number of nitrogens with one attached hydrogen (secondary N) is 1. The van der Waals surface area contributed by atoms with Gasteiger partial charge >= 0.3 is 6.03 Å². The number of imide groups is 1. The number of amides is 4. The number of halogens is 2. The maximum atomic E-state index is 13.6. The molecule has 10 nitrogen and oxygen atoms in total. The maximum Gasteiger partial charge on any atom is 0.331 e. The first kappa shape index (κ1) is 27.7. The molecule has 1 unspecified atom stereocenters. The zero-order valence-electron chi connectivity index (χ0n) is 21.8. The van der Waals surface area contributed by atoms with Gasteiger partial charge < -0.3 is 9.73 Å². The van der Waals surface area contributed by atoms with Crippen molar-refractivity contribution in [3.05, 3.63) is 60.2 Å². The monoisotopic (exact) mass is 574 g/mol. The number of nitrogens with zero attached hydrogens (tertiary/aromatic N) is 3. The van der Waals surface area contributed by atoms with E-state index in [0.29, 0.717) is 12.1 Å². The number of urea groups is 1. The molecular formula is C27H28F2N4O6S. The minimum Gasteiger partial charge on any atom is -0.443 e. The second-order valence-corrected chi connectivity index (χ2v) is 12.0. The van der Waals surface area contributed by atoms with Crippen molar-refractivity contribution < 1.29 is 36.0 Å². The van der Waals surface area contributed by atoms with Crippen LogP contribution in [0, 0.1) is 17.6 Å². The molecular weight excluding hydrogens is 546 g/mol. The molecule has 4 amide bonds. The third-order valence-electron chi connectivity index (χ3n) is 7.13. The van der Waals surface area contributed by atoms with Gasteiger partial charge in [-0.3, -0.25) is 19.4 Å². The van der Waals surface area contributed by atoms with Gasteiger partial charge in [-0.25, -0.2) is 22.0 Å². The molecule has 1 N–H and O–H groups in total. The second-order valence-electron chi connectivity index (χ2n) is 10.1. The lowest BCUT2D eigenvalue weighted by molar-refractivity contribution is -0.134. The van der Waals surface area contributed by atoms with Crippen LogP contribution in [-0.4, -0.2) is 67.2 Å². The van der Waals surface area contributed by atoms with Crippen LogP contribution in [0.4, 0.5) is 19.3 Å². The number of fused-ring (bicyclic) bond motifs is 1. The van der Waals surface area contributed by atoms with Crippen LogP contribution >= 0.6 is 0 Å². The average Bonchev–Trinajstić information content (AvgIpc) is 3.57. The Labute approximate surface area is 229 Å². The van der Waals surface area contributed by atoms with Crippen LogP contribution in [0.2, 0.25) is 0 Å². The molecule has 5 rings (SSSR count). The van der Waals surface area contributed by atoms with Crippen molar-refractivity contribution in [2.75, 3.05) is 24.5 Å². The summed E-state index contributed by atoms with van der Waals surface area (Å²) in [5.41, 5.74) is 0.602. The zero-order chi connectivity index (χ0) is 28.8. The second kappa shape index (κ2) is 10.6. The molecule has 3 heterocycles. The van der Waals surface area contributed by atoms with E-state index >= 15 is 0 Å². The predicted octanol–water partition coefficient (Wildman–Crippen LogP) is 3.47. The van der Waals surface area contributed by atoms with Gasteiger partial charge in [-0.1, -0.05) is 0 Å². The number of hydrogen-bond acceptors (Lipinski definition) is 6. The molecule has 2 aromatic carbocycles. The zero-order valence-corrected chi connectivity index (χ0v) is 22.7. The number of carbonyl (C=O) groups is 3. The minimum absolute atomic E-state index is 0.0466. The van der Waals surface area contributed by atoms with Gasteiger partial charge in [0.2, 0.25) is 16.9 Å². The maximum absolute atomic E-state index is 13.6. The van der Waals surface area contributed by atoms with E-state index in [1.807, 2.05) is 0 Å². The van der Waals surface area contributed by atoms with E-state index in [9.17, 15) is 31.6 Å². The highest BCUT2D eigenvalue weighted by molar-refractivity contribution is 7.89. The summed E-state index contributed by atoms with van der Waals surface area (Å²) in [7, 11) is -4.21. The van der Waals surface area contributed by atoms with Crippen LogP contribution in [-0.2, 0) is 19.6 Å². The molecule has 40 heavy (non-hydrogen) atoms. The number of benzene rings is 2. The van der Waals surface area contributed by atoms with Crippen molar-refractivity contribution in [1.29, 1.82) is 0 Å². The van der Waals surface area contributed by atoms with Gasteiger partial charge in [0.25, 0.3) is 10.0 Å². The number of rotatable bonds is 7. The third kappa shape index (κ3) is 5.06. The topological polar surface area (TPSA) is 120 Å². The molecule has 2 saturated heterocycles. The van der Waals surface area contributed by atoms with Crippen LogP contribution in [0.25, 0.3) is 11.0 Å². The van der Waals surface area contributed by atoms with Crippen molar-refractivity contribution in [2.45, 2.75) is 43.9 Å². The SMILES string of the molecule is CC(C)N1C(=O)C(CNC(=O)[C@@H]2CCCN2S(=O)(=O)c2cc3cc(F)ccc3o2)CN(c2ccc(F)cc2)C1=O. The quantitative estimate of drug-likeness (QED) is 0.462. The lowest BCUT2D eigenvalue weighted by Gasteiger charge is -2.40. The summed E-state index contributed by atoms with van der Waals surface area (Å²) in [5.74, 6) is -2.88. The predicted molar refractivity (Wildman–Crippen MR) is 141 cm³/mol. The van der Waals surface area contributed by atoms with E-state index in [0.717, 1.165) is 21.3 Å². The lowest BCUT2D eigenvalue weighted by atomic mass is 10.0. The van der Waals surface area contributed by atoms with Crippen LogP contribution in [0.15, 0.2) is 58.0 Å². The fourth-order valence-corrected chi connectivity index (χ4v) is 6.73. The summed E-state index contributed by atoms with van der Waals surface area (Å²) >= 11 is 0. The highest BCUT2D eigenvalue weighted by Gasteiger charge is 2.44. The number of anilines is 1. The van der Waals surface area contributed by atoms with Crippen LogP contribution in [0.5, 0.6) is 0 Å². The van der Waals surface area contributed by atoms with E-state index in [4.69, 9.17) is 4.42 Å². The standard InChI is InChI=1S/C27H28F2N4O6S/c1-16(2)33-26(35)18(15-31(27(33)36)21-8-5-19(28)6-9-21)14-30-25(34)22-4-3-11-32(22)40(37,38)24-13-17-12-20(29)7-10-23(17)39-24/h5-10,12-13,16,18,22H,3-4,11,14-15H2,1-2H3,(H,30,34)/t18?,22-/m0/s1. The average molecular weight is 575 g/mol. The normalized spacial score (nSPS) is 20.6. The molecule has 2 aliphatic rings. The van der Waals surface area contributed by atoms with E-state index in [1.54, 1.807) is 13.8 Å². The van der Waals surface area contributed by atoms with Gasteiger partial charge in [0.1, 0.15) is 23.3 Å². The molecule has 2 fully saturated rings. The molecule has 0 radical (unpaired) electrons. The summed E-state index contributed by atoms with van der Waals surface area (Å²) in [5, 5.41) is 2.59. The summed E-state index contributed by atoms with van der Waals surface area (Å²) in [6, 6.07) is 8.12. The summed E-state index contributed by atoms with van der Waals surface area (Å²) in [4.78, 5) is 41.9. The van der Waals surface area contributed by atoms with Crippen molar-refractivity contribution in [3.8, 4) is 0 Å². The Morgan fingerprint density at radius 2 is 1.77 bits per heavy atom. The highest BCUT2D eigenvalue weighted by Crippen LogP contribution is 2.31. The van der Waals surface area contributed by atoms with Gasteiger partial charge in [0, 0.05) is 42.8 Å². The van der Waals surface area contributed by atoms with Crippen LogP contribution in [0.1, 0.15) is 26.7 Å². The van der Waals surface area contributed by atoms with Gasteiger partial charge in [-0.05, 0) is 69.2 Å². The van der Waals surface area contributed by atoms with E-state index < -0.39 is 62.6 Å². The first-order chi connectivity index (χ1) is 19.0. The van der Waals surface area contributed by atoms with E-state index in [-0.39, 0.29) is 37.0 Å². The number of hydrogen-bond donors (Lipinski definition) is 1. The molecule has 212 valence electrons. The Morgan fingerprint density at radius 3 is 2.48 bits per heavy atom. The van der Waals surface area contributed by atoms with Crippen molar-refractivity contribution in [2.24, 2.45) is 5.92 Å².